The highest BCUT2D eigenvalue weighted by atomic mass is 16.6. The summed E-state index contributed by atoms with van der Waals surface area (Å²) in [4.78, 5) is 52.0. The van der Waals surface area contributed by atoms with Crippen molar-refractivity contribution in [3.63, 3.8) is 0 Å². The van der Waals surface area contributed by atoms with E-state index in [1.54, 1.807) is 49.1 Å². The number of benzene rings is 2. The molecule has 0 aromatic heterocycles. The molecule has 182 valence electrons. The Morgan fingerprint density at radius 3 is 2.31 bits per heavy atom. The molecular formula is C26H27N3O6. The van der Waals surface area contributed by atoms with E-state index in [1.807, 2.05) is 13.8 Å². The van der Waals surface area contributed by atoms with Crippen LogP contribution in [-0.4, -0.2) is 52.8 Å². The van der Waals surface area contributed by atoms with Crippen LogP contribution in [0, 0.1) is 22.0 Å². The average molecular weight is 478 g/mol. The third kappa shape index (κ3) is 5.84. The first-order valence-electron chi connectivity index (χ1n) is 11.3. The van der Waals surface area contributed by atoms with Gasteiger partial charge < -0.3 is 14.5 Å². The van der Waals surface area contributed by atoms with Gasteiger partial charge in [-0.15, -0.1) is 0 Å². The molecule has 1 heterocycles. The number of esters is 1. The van der Waals surface area contributed by atoms with Gasteiger partial charge in [0.15, 0.2) is 0 Å². The van der Waals surface area contributed by atoms with Gasteiger partial charge in [0.1, 0.15) is 6.54 Å². The molecule has 2 amide bonds. The minimum atomic E-state index is -0.541. The van der Waals surface area contributed by atoms with Crippen LogP contribution in [0.3, 0.4) is 0 Å². The number of rotatable bonds is 6. The Morgan fingerprint density at radius 1 is 1.09 bits per heavy atom. The van der Waals surface area contributed by atoms with E-state index >= 15 is 0 Å². The molecular weight excluding hydrogens is 450 g/mol. The quantitative estimate of drug-likeness (QED) is 0.272. The van der Waals surface area contributed by atoms with Crippen LogP contribution in [0.4, 0.5) is 11.4 Å². The minimum Gasteiger partial charge on any atom is -0.466 e. The molecule has 1 atom stereocenters. The van der Waals surface area contributed by atoms with E-state index in [0.29, 0.717) is 22.4 Å². The minimum absolute atomic E-state index is 0.0243. The number of non-ortho nitro benzene ring substituents is 1. The van der Waals surface area contributed by atoms with Gasteiger partial charge in [-0.1, -0.05) is 11.8 Å². The average Bonchev–Trinajstić information content (AvgIpc) is 2.92. The predicted octanol–water partition coefficient (Wildman–Crippen LogP) is 3.53. The van der Waals surface area contributed by atoms with Gasteiger partial charge in [-0.05, 0) is 58.0 Å². The largest absolute Gasteiger partial charge is 0.466 e. The number of carbonyl (C=O) groups excluding carboxylic acids is 3. The van der Waals surface area contributed by atoms with Crippen molar-refractivity contribution < 1.29 is 24.0 Å². The summed E-state index contributed by atoms with van der Waals surface area (Å²) >= 11 is 0. The van der Waals surface area contributed by atoms with Gasteiger partial charge in [-0.3, -0.25) is 24.5 Å². The number of nitro groups is 1. The van der Waals surface area contributed by atoms with E-state index in [0.717, 1.165) is 0 Å². The van der Waals surface area contributed by atoms with Gasteiger partial charge in [0.25, 0.3) is 11.6 Å². The first-order chi connectivity index (χ1) is 16.6. The molecule has 0 saturated heterocycles. The highest BCUT2D eigenvalue weighted by molar-refractivity contribution is 6.10. The van der Waals surface area contributed by atoms with E-state index in [-0.39, 0.29) is 43.1 Å². The van der Waals surface area contributed by atoms with E-state index in [2.05, 4.69) is 11.8 Å². The van der Waals surface area contributed by atoms with Crippen LogP contribution in [0.25, 0.3) is 0 Å². The van der Waals surface area contributed by atoms with Crippen molar-refractivity contribution in [3.05, 3.63) is 69.3 Å². The molecule has 0 N–H and O–H groups in total. The standard InChI is InChI=1S/C26H27N3O6/c1-5-35-25(31)14-18(4)27-16-24(30)28(17(2)3)23-13-10-20(15-22(23)26(27)32)7-6-19-8-11-21(12-9-19)29(33)34/h8-13,15,17-18H,5,14,16H2,1-4H3. The topological polar surface area (TPSA) is 110 Å². The van der Waals surface area contributed by atoms with Crippen LogP contribution < -0.4 is 4.90 Å². The number of nitrogens with zero attached hydrogens (tertiary/aromatic N) is 3. The number of hydrogen-bond acceptors (Lipinski definition) is 6. The van der Waals surface area contributed by atoms with Gasteiger partial charge in [0, 0.05) is 35.3 Å². The molecule has 0 fully saturated rings. The lowest BCUT2D eigenvalue weighted by molar-refractivity contribution is -0.384. The molecule has 3 rings (SSSR count). The zero-order valence-electron chi connectivity index (χ0n) is 20.1. The Balaban J connectivity index is 1.98. The highest BCUT2D eigenvalue weighted by Gasteiger charge is 2.35. The number of fused-ring (bicyclic) bond motifs is 1. The Bertz CT molecular complexity index is 1210. The summed E-state index contributed by atoms with van der Waals surface area (Å²) in [6.45, 7) is 7.23. The zero-order chi connectivity index (χ0) is 25.7. The fourth-order valence-corrected chi connectivity index (χ4v) is 3.88. The van der Waals surface area contributed by atoms with Crippen molar-refractivity contribution >= 4 is 29.2 Å². The predicted molar refractivity (Wildman–Crippen MR) is 130 cm³/mol. The van der Waals surface area contributed by atoms with Crippen molar-refractivity contribution in [1.29, 1.82) is 0 Å². The summed E-state index contributed by atoms with van der Waals surface area (Å²) in [6, 6.07) is 10.2. The number of nitro benzene ring substituents is 1. The van der Waals surface area contributed by atoms with Crippen LogP contribution in [0.2, 0.25) is 0 Å². The Kier molecular flexibility index (Phi) is 7.87. The van der Waals surface area contributed by atoms with Gasteiger partial charge in [0.05, 0.1) is 29.2 Å². The Morgan fingerprint density at radius 2 is 1.71 bits per heavy atom. The molecule has 0 bridgehead atoms. The van der Waals surface area contributed by atoms with Crippen LogP contribution in [0.1, 0.15) is 55.6 Å². The molecule has 9 heteroatoms. The Labute approximate surface area is 203 Å². The lowest BCUT2D eigenvalue weighted by Crippen LogP contribution is -2.46. The first-order valence-corrected chi connectivity index (χ1v) is 11.3. The van der Waals surface area contributed by atoms with Crippen LogP contribution in [0.5, 0.6) is 0 Å². The van der Waals surface area contributed by atoms with Crippen molar-refractivity contribution in [2.75, 3.05) is 18.1 Å². The van der Waals surface area contributed by atoms with E-state index in [9.17, 15) is 24.5 Å². The second-order valence-electron chi connectivity index (χ2n) is 8.43. The maximum absolute atomic E-state index is 13.5. The monoisotopic (exact) mass is 477 g/mol. The first kappa shape index (κ1) is 25.4. The van der Waals surface area contributed by atoms with Gasteiger partial charge in [0.2, 0.25) is 5.91 Å². The van der Waals surface area contributed by atoms with Crippen molar-refractivity contribution in [2.24, 2.45) is 0 Å². The third-order valence-corrected chi connectivity index (χ3v) is 5.57. The summed E-state index contributed by atoms with van der Waals surface area (Å²) in [7, 11) is 0. The normalized spacial score (nSPS) is 14.1. The summed E-state index contributed by atoms with van der Waals surface area (Å²) in [5, 5.41) is 10.8. The number of hydrogen-bond donors (Lipinski definition) is 0. The van der Waals surface area contributed by atoms with Crippen molar-refractivity contribution in [2.45, 2.75) is 46.2 Å². The zero-order valence-corrected chi connectivity index (χ0v) is 20.1. The van der Waals surface area contributed by atoms with E-state index < -0.39 is 16.9 Å². The van der Waals surface area contributed by atoms with Gasteiger partial charge >= 0.3 is 5.97 Å². The molecule has 2 aromatic carbocycles. The lowest BCUT2D eigenvalue weighted by Gasteiger charge is -2.28. The van der Waals surface area contributed by atoms with Crippen LogP contribution in [-0.2, 0) is 14.3 Å². The number of ether oxygens (including phenoxy) is 1. The Hall–Kier alpha value is -4.19. The number of amides is 2. The van der Waals surface area contributed by atoms with Crippen LogP contribution in [0.15, 0.2) is 42.5 Å². The fourth-order valence-electron chi connectivity index (χ4n) is 3.88. The molecule has 9 nitrogen and oxygen atoms in total. The molecule has 2 aromatic rings. The molecule has 1 aliphatic heterocycles. The smallest absolute Gasteiger partial charge is 0.307 e. The summed E-state index contributed by atoms with van der Waals surface area (Å²) in [6.07, 6.45) is -0.0243. The molecule has 0 aliphatic carbocycles. The maximum atomic E-state index is 13.5. The number of carbonyl (C=O) groups is 3. The van der Waals surface area contributed by atoms with Crippen molar-refractivity contribution in [1.82, 2.24) is 4.90 Å². The SMILES string of the molecule is CCOC(=O)CC(C)N1CC(=O)N(C(C)C)c2ccc(C#Cc3ccc([N+](=O)[O-])cc3)cc2C1=O. The molecule has 1 unspecified atom stereocenters. The van der Waals surface area contributed by atoms with Crippen LogP contribution >= 0.6 is 0 Å². The summed E-state index contributed by atoms with van der Waals surface area (Å²) in [5.41, 5.74) is 1.91. The van der Waals surface area contributed by atoms with Gasteiger partial charge in [-0.25, -0.2) is 0 Å². The van der Waals surface area contributed by atoms with Crippen molar-refractivity contribution in [3.8, 4) is 11.8 Å². The maximum Gasteiger partial charge on any atom is 0.307 e. The van der Waals surface area contributed by atoms with E-state index in [1.165, 1.54) is 17.0 Å². The summed E-state index contributed by atoms with van der Waals surface area (Å²) < 4.78 is 5.01. The van der Waals surface area contributed by atoms with E-state index in [4.69, 9.17) is 4.74 Å². The third-order valence-electron chi connectivity index (χ3n) is 5.57. The molecule has 1 aliphatic rings. The second-order valence-corrected chi connectivity index (χ2v) is 8.43. The summed E-state index contributed by atoms with van der Waals surface area (Å²) in [5.74, 6) is 4.87. The highest BCUT2D eigenvalue weighted by Crippen LogP contribution is 2.30. The molecule has 0 spiro atoms. The lowest BCUT2D eigenvalue weighted by atomic mass is 10.0. The van der Waals surface area contributed by atoms with Gasteiger partial charge in [-0.2, -0.15) is 0 Å². The molecule has 0 saturated carbocycles. The number of anilines is 1. The second kappa shape index (κ2) is 10.8. The molecule has 0 radical (unpaired) electrons. The molecule has 35 heavy (non-hydrogen) atoms. The fraction of sp³-hybridized carbons (Fsp3) is 0.346.